The third-order valence-electron chi connectivity index (χ3n) is 2.61. The zero-order chi connectivity index (χ0) is 11.4. The minimum Gasteiger partial charge on any atom is -0.367 e. The first kappa shape index (κ1) is 10.8. The fourth-order valence-electron chi connectivity index (χ4n) is 1.63. The van der Waals surface area contributed by atoms with Gasteiger partial charge in [0.15, 0.2) is 0 Å². The van der Waals surface area contributed by atoms with E-state index in [0.717, 1.165) is 23.5 Å². The fraction of sp³-hybridized carbons (Fsp3) is 0.333. The van der Waals surface area contributed by atoms with Crippen LogP contribution in [0.25, 0.3) is 11.3 Å². The molecule has 3 N–H and O–H groups in total. The molecule has 2 heterocycles. The van der Waals surface area contributed by atoms with Crippen molar-refractivity contribution in [2.45, 2.75) is 19.3 Å². The molecule has 0 aliphatic heterocycles. The van der Waals surface area contributed by atoms with Crippen LogP contribution >= 0.6 is 0 Å². The van der Waals surface area contributed by atoms with Crippen molar-refractivity contribution >= 4 is 0 Å². The first-order valence-corrected chi connectivity index (χ1v) is 5.47. The maximum Gasteiger partial charge on any atom is 0.131 e. The van der Waals surface area contributed by atoms with Gasteiger partial charge in [0.2, 0.25) is 0 Å². The van der Waals surface area contributed by atoms with E-state index in [1.165, 1.54) is 0 Å². The largest absolute Gasteiger partial charge is 0.367 e. The number of nitrogens with one attached hydrogen (secondary N) is 1. The standard InChI is InChI=1S/C12H16N4/c1-9(2-5-13)12-15-7-4-11(16-12)10-3-6-14-8-10/h3-4,6-9,14H,2,5,13H2,1H3. The second-order valence-corrected chi connectivity index (χ2v) is 3.88. The molecule has 1 atom stereocenters. The summed E-state index contributed by atoms with van der Waals surface area (Å²) < 4.78 is 0. The normalized spacial score (nSPS) is 12.6. The zero-order valence-corrected chi connectivity index (χ0v) is 9.35. The average molecular weight is 216 g/mol. The van der Waals surface area contributed by atoms with E-state index in [1.807, 2.05) is 24.5 Å². The summed E-state index contributed by atoms with van der Waals surface area (Å²) in [6, 6.07) is 3.92. The second-order valence-electron chi connectivity index (χ2n) is 3.88. The SMILES string of the molecule is CC(CCN)c1nccc(-c2cc[nH]c2)n1. The number of H-pyrrole nitrogens is 1. The number of aromatic nitrogens is 3. The summed E-state index contributed by atoms with van der Waals surface area (Å²) in [6.07, 6.45) is 6.54. The highest BCUT2D eigenvalue weighted by Crippen LogP contribution is 2.19. The fourth-order valence-corrected chi connectivity index (χ4v) is 1.63. The molecule has 0 aliphatic carbocycles. The molecule has 4 heteroatoms. The van der Waals surface area contributed by atoms with Crippen LogP contribution in [0.4, 0.5) is 0 Å². The van der Waals surface area contributed by atoms with Crippen molar-refractivity contribution in [3.05, 3.63) is 36.5 Å². The summed E-state index contributed by atoms with van der Waals surface area (Å²) in [5, 5.41) is 0. The van der Waals surface area contributed by atoms with Gasteiger partial charge in [-0.3, -0.25) is 0 Å². The van der Waals surface area contributed by atoms with Crippen molar-refractivity contribution in [2.75, 3.05) is 6.54 Å². The van der Waals surface area contributed by atoms with Gasteiger partial charge >= 0.3 is 0 Å². The van der Waals surface area contributed by atoms with Crippen LogP contribution in [-0.2, 0) is 0 Å². The van der Waals surface area contributed by atoms with Gasteiger partial charge in [0.1, 0.15) is 5.82 Å². The Morgan fingerprint density at radius 3 is 3.00 bits per heavy atom. The molecule has 0 aliphatic rings. The van der Waals surface area contributed by atoms with Crippen LogP contribution in [0.3, 0.4) is 0 Å². The van der Waals surface area contributed by atoms with E-state index in [0.29, 0.717) is 12.5 Å². The number of rotatable bonds is 4. The molecule has 0 aromatic carbocycles. The average Bonchev–Trinajstić information content (AvgIpc) is 2.83. The van der Waals surface area contributed by atoms with Crippen LogP contribution in [0, 0.1) is 0 Å². The van der Waals surface area contributed by atoms with Gasteiger partial charge in [-0.25, -0.2) is 9.97 Å². The Balaban J connectivity index is 2.26. The predicted octanol–water partition coefficient (Wildman–Crippen LogP) is 1.92. The Morgan fingerprint density at radius 2 is 2.31 bits per heavy atom. The maximum absolute atomic E-state index is 5.54. The van der Waals surface area contributed by atoms with E-state index >= 15 is 0 Å². The summed E-state index contributed by atoms with van der Waals surface area (Å²) in [7, 11) is 0. The van der Waals surface area contributed by atoms with E-state index in [9.17, 15) is 0 Å². The van der Waals surface area contributed by atoms with Crippen LogP contribution < -0.4 is 5.73 Å². The van der Waals surface area contributed by atoms with E-state index in [4.69, 9.17) is 5.73 Å². The van der Waals surface area contributed by atoms with Crippen molar-refractivity contribution in [3.63, 3.8) is 0 Å². The van der Waals surface area contributed by atoms with Crippen molar-refractivity contribution < 1.29 is 0 Å². The molecule has 0 amide bonds. The molecule has 1 unspecified atom stereocenters. The summed E-state index contributed by atoms with van der Waals surface area (Å²) >= 11 is 0. The minimum atomic E-state index is 0.309. The molecule has 16 heavy (non-hydrogen) atoms. The smallest absolute Gasteiger partial charge is 0.131 e. The molecule has 0 fully saturated rings. The molecule has 0 radical (unpaired) electrons. The van der Waals surface area contributed by atoms with Crippen LogP contribution in [0.5, 0.6) is 0 Å². The monoisotopic (exact) mass is 216 g/mol. The van der Waals surface area contributed by atoms with E-state index in [2.05, 4.69) is 21.9 Å². The first-order valence-electron chi connectivity index (χ1n) is 5.47. The molecule has 84 valence electrons. The van der Waals surface area contributed by atoms with Crippen LogP contribution in [0.2, 0.25) is 0 Å². The summed E-state index contributed by atoms with van der Waals surface area (Å²) in [6.45, 7) is 2.77. The summed E-state index contributed by atoms with van der Waals surface area (Å²) in [4.78, 5) is 11.9. The number of hydrogen-bond donors (Lipinski definition) is 2. The van der Waals surface area contributed by atoms with Crippen molar-refractivity contribution in [3.8, 4) is 11.3 Å². The number of nitrogens with two attached hydrogens (primary N) is 1. The lowest BCUT2D eigenvalue weighted by atomic mass is 10.1. The second kappa shape index (κ2) is 4.90. The van der Waals surface area contributed by atoms with Gasteiger partial charge in [-0.2, -0.15) is 0 Å². The lowest BCUT2D eigenvalue weighted by molar-refractivity contribution is 0.647. The highest BCUT2D eigenvalue weighted by atomic mass is 14.9. The van der Waals surface area contributed by atoms with Gasteiger partial charge in [-0.1, -0.05) is 6.92 Å². The van der Waals surface area contributed by atoms with E-state index in [-0.39, 0.29) is 0 Å². The van der Waals surface area contributed by atoms with Crippen LogP contribution in [0.1, 0.15) is 25.1 Å². The molecule has 2 rings (SSSR count). The summed E-state index contributed by atoms with van der Waals surface area (Å²) in [5.41, 5.74) is 7.58. The highest BCUT2D eigenvalue weighted by molar-refractivity contribution is 5.57. The summed E-state index contributed by atoms with van der Waals surface area (Å²) in [5.74, 6) is 1.17. The van der Waals surface area contributed by atoms with Gasteiger partial charge in [0.25, 0.3) is 0 Å². The molecule has 0 bridgehead atoms. The molecule has 4 nitrogen and oxygen atoms in total. The lowest BCUT2D eigenvalue weighted by Crippen LogP contribution is -2.07. The molecule has 0 spiro atoms. The molecule has 0 saturated carbocycles. The Morgan fingerprint density at radius 1 is 1.44 bits per heavy atom. The van der Waals surface area contributed by atoms with Crippen molar-refractivity contribution in [2.24, 2.45) is 5.73 Å². The van der Waals surface area contributed by atoms with Gasteiger partial charge in [0, 0.05) is 30.1 Å². The van der Waals surface area contributed by atoms with Crippen LogP contribution in [-0.4, -0.2) is 21.5 Å². The Labute approximate surface area is 94.9 Å². The molecule has 2 aromatic heterocycles. The molecular weight excluding hydrogens is 200 g/mol. The third-order valence-corrected chi connectivity index (χ3v) is 2.61. The molecule has 2 aromatic rings. The van der Waals surface area contributed by atoms with Gasteiger partial charge in [-0.05, 0) is 25.1 Å². The lowest BCUT2D eigenvalue weighted by Gasteiger charge is -2.09. The maximum atomic E-state index is 5.54. The highest BCUT2D eigenvalue weighted by Gasteiger charge is 2.09. The third kappa shape index (κ3) is 2.28. The van der Waals surface area contributed by atoms with Crippen LogP contribution in [0.15, 0.2) is 30.7 Å². The van der Waals surface area contributed by atoms with Crippen molar-refractivity contribution in [1.29, 1.82) is 0 Å². The van der Waals surface area contributed by atoms with E-state index in [1.54, 1.807) is 6.20 Å². The van der Waals surface area contributed by atoms with E-state index < -0.39 is 0 Å². The van der Waals surface area contributed by atoms with Crippen molar-refractivity contribution in [1.82, 2.24) is 15.0 Å². The quantitative estimate of drug-likeness (QED) is 0.820. The predicted molar refractivity (Wildman–Crippen MR) is 63.9 cm³/mol. The van der Waals surface area contributed by atoms with Gasteiger partial charge in [0.05, 0.1) is 5.69 Å². The zero-order valence-electron chi connectivity index (χ0n) is 9.35. The number of nitrogens with zero attached hydrogens (tertiary/aromatic N) is 2. The number of hydrogen-bond acceptors (Lipinski definition) is 3. The molecular formula is C12H16N4. The first-order chi connectivity index (χ1) is 7.81. The Hall–Kier alpha value is -1.68. The number of aromatic amines is 1. The minimum absolute atomic E-state index is 0.309. The molecule has 0 saturated heterocycles. The topological polar surface area (TPSA) is 67.6 Å². The Bertz CT molecular complexity index is 436. The van der Waals surface area contributed by atoms with Gasteiger partial charge < -0.3 is 10.7 Å². The Kier molecular flexibility index (Phi) is 3.31. The van der Waals surface area contributed by atoms with Gasteiger partial charge in [-0.15, -0.1) is 0 Å².